The molecule has 0 aromatic rings. The van der Waals surface area contributed by atoms with Crippen LogP contribution in [0.5, 0.6) is 0 Å². The molecule has 0 saturated heterocycles. The van der Waals surface area contributed by atoms with Gasteiger partial charge in [0, 0.05) is 0 Å². The van der Waals surface area contributed by atoms with E-state index in [1.807, 2.05) is 6.08 Å². The Labute approximate surface area is 72.0 Å². The van der Waals surface area contributed by atoms with E-state index in [4.69, 9.17) is 0 Å². The molecule has 0 N–H and O–H groups in total. The summed E-state index contributed by atoms with van der Waals surface area (Å²) in [6, 6.07) is 4.10. The smallest absolute Gasteiger partial charge is 0.0770 e. The molecule has 0 spiro atoms. The average molecular weight is 168 g/mol. The Hall–Kier alpha value is -0.303. The fourth-order valence-electron chi connectivity index (χ4n) is 1.38. The van der Waals surface area contributed by atoms with Crippen LogP contribution in [0.3, 0.4) is 0 Å². The van der Waals surface area contributed by atoms with E-state index in [2.05, 4.69) is 39.1 Å². The van der Waals surface area contributed by atoms with E-state index < -0.39 is 8.07 Å². The van der Waals surface area contributed by atoms with E-state index >= 15 is 0 Å². The van der Waals surface area contributed by atoms with Crippen LogP contribution in [0.25, 0.3) is 0 Å². The van der Waals surface area contributed by atoms with Crippen LogP contribution in [0, 0.1) is 0 Å². The van der Waals surface area contributed by atoms with Gasteiger partial charge >= 0.3 is 0 Å². The van der Waals surface area contributed by atoms with Crippen LogP contribution in [0.15, 0.2) is 24.4 Å². The number of rotatable bonds is 5. The molecule has 0 aromatic heterocycles. The fourth-order valence-corrected chi connectivity index (χ4v) is 4.13. The molecule has 0 saturated carbocycles. The summed E-state index contributed by atoms with van der Waals surface area (Å²) < 4.78 is 0. The molecule has 0 bridgehead atoms. The molecule has 0 heterocycles. The van der Waals surface area contributed by atoms with Crippen LogP contribution in [0.4, 0.5) is 0 Å². The lowest BCUT2D eigenvalue weighted by molar-refractivity contribution is 1.19. The summed E-state index contributed by atoms with van der Waals surface area (Å²) in [7, 11) is -0.990. The van der Waals surface area contributed by atoms with Crippen LogP contribution in [-0.4, -0.2) is 8.07 Å². The maximum Gasteiger partial charge on any atom is 0.0770 e. The minimum Gasteiger partial charge on any atom is -0.0991 e. The Bertz CT molecular complexity index is 124. The van der Waals surface area contributed by atoms with Gasteiger partial charge in [-0.05, 0) is 0 Å². The van der Waals surface area contributed by atoms with Crippen molar-refractivity contribution in [2.75, 3.05) is 0 Å². The SMILES string of the molecule is C=C/C=C/[Si](CC)(CC)CC. The quantitative estimate of drug-likeness (QED) is 0.433. The van der Waals surface area contributed by atoms with Crippen molar-refractivity contribution in [3.63, 3.8) is 0 Å². The predicted molar refractivity (Wildman–Crippen MR) is 56.5 cm³/mol. The Morgan fingerprint density at radius 1 is 1.09 bits per heavy atom. The van der Waals surface area contributed by atoms with Gasteiger partial charge in [-0.25, -0.2) is 0 Å². The van der Waals surface area contributed by atoms with E-state index in [0.717, 1.165) is 0 Å². The van der Waals surface area contributed by atoms with Gasteiger partial charge in [0.25, 0.3) is 0 Å². The van der Waals surface area contributed by atoms with Crippen LogP contribution in [0.2, 0.25) is 18.1 Å². The summed E-state index contributed by atoms with van der Waals surface area (Å²) in [5, 5.41) is 0. The highest BCUT2D eigenvalue weighted by molar-refractivity contribution is 6.84. The maximum atomic E-state index is 3.70. The molecule has 0 fully saturated rings. The van der Waals surface area contributed by atoms with Gasteiger partial charge in [0.05, 0.1) is 8.07 Å². The van der Waals surface area contributed by atoms with Crippen molar-refractivity contribution >= 4 is 8.07 Å². The van der Waals surface area contributed by atoms with E-state index in [9.17, 15) is 0 Å². The van der Waals surface area contributed by atoms with E-state index in [-0.39, 0.29) is 0 Å². The second-order valence-corrected chi connectivity index (χ2v) is 8.20. The molecule has 1 heteroatoms. The van der Waals surface area contributed by atoms with Crippen LogP contribution in [-0.2, 0) is 0 Å². The monoisotopic (exact) mass is 168 g/mol. The molecule has 11 heavy (non-hydrogen) atoms. The van der Waals surface area contributed by atoms with Gasteiger partial charge in [-0.15, -0.1) is 0 Å². The van der Waals surface area contributed by atoms with Crippen molar-refractivity contribution in [1.29, 1.82) is 0 Å². The minimum absolute atomic E-state index is 0.990. The minimum atomic E-state index is -0.990. The second kappa shape index (κ2) is 5.36. The number of allylic oxidation sites excluding steroid dienone is 2. The van der Waals surface area contributed by atoms with Crippen molar-refractivity contribution in [3.8, 4) is 0 Å². The van der Waals surface area contributed by atoms with Gasteiger partial charge in [0.15, 0.2) is 0 Å². The van der Waals surface area contributed by atoms with Crippen LogP contribution < -0.4 is 0 Å². The molecule has 0 aliphatic heterocycles. The zero-order valence-electron chi connectivity index (χ0n) is 8.06. The zero-order chi connectivity index (χ0) is 8.74. The van der Waals surface area contributed by atoms with Crippen LogP contribution in [0.1, 0.15) is 20.8 Å². The summed E-state index contributed by atoms with van der Waals surface area (Å²) in [5.41, 5.74) is 2.43. The highest BCUT2D eigenvalue weighted by atomic mass is 28.3. The largest absolute Gasteiger partial charge is 0.0991 e. The van der Waals surface area contributed by atoms with Crippen molar-refractivity contribution in [3.05, 3.63) is 24.4 Å². The first-order valence-electron chi connectivity index (χ1n) is 4.55. The zero-order valence-corrected chi connectivity index (χ0v) is 9.06. The maximum absolute atomic E-state index is 3.70. The van der Waals surface area contributed by atoms with Crippen molar-refractivity contribution in [2.45, 2.75) is 38.9 Å². The third-order valence-corrected chi connectivity index (χ3v) is 7.82. The highest BCUT2D eigenvalue weighted by Crippen LogP contribution is 2.21. The Morgan fingerprint density at radius 3 is 1.82 bits per heavy atom. The van der Waals surface area contributed by atoms with E-state index in [1.165, 1.54) is 18.1 Å². The fraction of sp³-hybridized carbons (Fsp3) is 0.600. The molecular formula is C10H20Si. The molecule has 0 aromatic carbocycles. The van der Waals surface area contributed by atoms with Gasteiger partial charge < -0.3 is 0 Å². The molecule has 0 aliphatic carbocycles. The molecule has 0 amide bonds. The molecule has 0 aliphatic rings. The van der Waals surface area contributed by atoms with Crippen LogP contribution >= 0.6 is 0 Å². The Kier molecular flexibility index (Phi) is 5.21. The predicted octanol–water partition coefficient (Wildman–Crippen LogP) is 3.78. The number of hydrogen-bond acceptors (Lipinski definition) is 0. The van der Waals surface area contributed by atoms with Crippen molar-refractivity contribution in [1.82, 2.24) is 0 Å². The van der Waals surface area contributed by atoms with Gasteiger partial charge in [0.1, 0.15) is 0 Å². The van der Waals surface area contributed by atoms with Crippen molar-refractivity contribution in [2.24, 2.45) is 0 Å². The third kappa shape index (κ3) is 3.06. The Morgan fingerprint density at radius 2 is 1.55 bits per heavy atom. The summed E-state index contributed by atoms with van der Waals surface area (Å²) in [6.07, 6.45) is 4.02. The normalized spacial score (nSPS) is 12.3. The first-order chi connectivity index (χ1) is 5.24. The lowest BCUT2D eigenvalue weighted by atomic mass is 10.6. The average Bonchev–Trinajstić information content (AvgIpc) is 2.08. The Balaban J connectivity index is 4.27. The lowest BCUT2D eigenvalue weighted by Gasteiger charge is -2.23. The first-order valence-corrected chi connectivity index (χ1v) is 7.24. The van der Waals surface area contributed by atoms with E-state index in [1.54, 1.807) is 0 Å². The second-order valence-electron chi connectivity index (χ2n) is 3.02. The molecule has 0 unspecified atom stereocenters. The topological polar surface area (TPSA) is 0 Å². The molecule has 0 rings (SSSR count). The number of hydrogen-bond donors (Lipinski definition) is 0. The van der Waals surface area contributed by atoms with Gasteiger partial charge in [-0.3, -0.25) is 0 Å². The molecule has 0 nitrogen and oxygen atoms in total. The first kappa shape index (κ1) is 10.7. The van der Waals surface area contributed by atoms with Gasteiger partial charge in [-0.2, -0.15) is 0 Å². The summed E-state index contributed by atoms with van der Waals surface area (Å²) in [4.78, 5) is 0. The van der Waals surface area contributed by atoms with E-state index in [0.29, 0.717) is 0 Å². The lowest BCUT2D eigenvalue weighted by Crippen LogP contribution is -2.28. The molecule has 0 radical (unpaired) electrons. The summed E-state index contributed by atoms with van der Waals surface area (Å²) >= 11 is 0. The van der Waals surface area contributed by atoms with Gasteiger partial charge in [0.2, 0.25) is 0 Å². The van der Waals surface area contributed by atoms with Gasteiger partial charge in [-0.1, -0.05) is 63.3 Å². The third-order valence-electron chi connectivity index (χ3n) is 2.70. The molecule has 0 atom stereocenters. The highest BCUT2D eigenvalue weighted by Gasteiger charge is 2.22. The summed E-state index contributed by atoms with van der Waals surface area (Å²) in [6.45, 7) is 10.6. The molecular weight excluding hydrogens is 148 g/mol. The van der Waals surface area contributed by atoms with Crippen molar-refractivity contribution < 1.29 is 0 Å². The molecule has 64 valence electrons. The standard InChI is InChI=1S/C10H20Si/c1-5-9-10-11(6-2,7-3)8-4/h5,9-10H,1,6-8H2,2-4H3/b10-9+. The summed E-state index contributed by atoms with van der Waals surface area (Å²) in [5.74, 6) is 0.